The summed E-state index contributed by atoms with van der Waals surface area (Å²) in [5.41, 5.74) is 0.655. The lowest BCUT2D eigenvalue weighted by molar-refractivity contribution is 0.278. The Morgan fingerprint density at radius 2 is 2.08 bits per heavy atom. The van der Waals surface area contributed by atoms with E-state index in [1.807, 2.05) is 5.38 Å². The first kappa shape index (κ1) is 17.8. The number of thiazole rings is 1. The number of aromatic nitrogens is 2. The molecule has 0 saturated carbocycles. The van der Waals surface area contributed by atoms with Gasteiger partial charge in [-0.2, -0.15) is 4.31 Å². The zero-order valence-corrected chi connectivity index (χ0v) is 16.4. The average molecular weight is 411 g/mol. The van der Waals surface area contributed by atoms with Crippen LogP contribution in [0.15, 0.2) is 44.8 Å². The number of hydrogen-bond donors (Lipinski definition) is 0. The van der Waals surface area contributed by atoms with Crippen molar-refractivity contribution in [2.75, 3.05) is 26.2 Å². The molecule has 4 rings (SSSR count). The fourth-order valence-corrected chi connectivity index (χ4v) is 6.48. The summed E-state index contributed by atoms with van der Waals surface area (Å²) in [6.07, 6.45) is 4.10. The molecule has 0 aliphatic carbocycles. The summed E-state index contributed by atoms with van der Waals surface area (Å²) in [4.78, 5) is 7.37. The van der Waals surface area contributed by atoms with E-state index in [4.69, 9.17) is 4.52 Å². The van der Waals surface area contributed by atoms with Crippen molar-refractivity contribution < 1.29 is 12.9 Å². The van der Waals surface area contributed by atoms with E-state index >= 15 is 0 Å². The summed E-state index contributed by atoms with van der Waals surface area (Å²) in [6.45, 7) is 3.39. The largest absolute Gasteiger partial charge is 0.364 e. The molecule has 0 amide bonds. The quantitative estimate of drug-likeness (QED) is 0.643. The average Bonchev–Trinajstić information content (AvgIpc) is 3.35. The second kappa shape index (κ2) is 7.57. The molecule has 3 aromatic heterocycles. The third kappa shape index (κ3) is 3.74. The Morgan fingerprint density at radius 1 is 1.15 bits per heavy atom. The molecular weight excluding hydrogens is 392 g/mol. The van der Waals surface area contributed by atoms with Crippen LogP contribution in [0.2, 0.25) is 0 Å². The van der Waals surface area contributed by atoms with E-state index in [1.165, 1.54) is 17.6 Å². The minimum atomic E-state index is -3.49. The van der Waals surface area contributed by atoms with Gasteiger partial charge in [-0.3, -0.25) is 4.90 Å². The monoisotopic (exact) mass is 410 g/mol. The van der Waals surface area contributed by atoms with Crippen LogP contribution in [0.5, 0.6) is 0 Å². The number of thiophene rings is 1. The van der Waals surface area contributed by atoms with Gasteiger partial charge in [-0.05, 0) is 25.1 Å². The van der Waals surface area contributed by atoms with Crippen LogP contribution in [-0.2, 0) is 16.6 Å². The Balaban J connectivity index is 1.46. The fourth-order valence-electron chi connectivity index (χ4n) is 2.93. The van der Waals surface area contributed by atoms with Crippen LogP contribution in [0.4, 0.5) is 0 Å². The van der Waals surface area contributed by atoms with Crippen LogP contribution in [0.1, 0.15) is 11.4 Å². The highest BCUT2D eigenvalue weighted by atomic mass is 32.2. The molecule has 1 saturated heterocycles. The van der Waals surface area contributed by atoms with Gasteiger partial charge in [0, 0.05) is 37.3 Å². The van der Waals surface area contributed by atoms with Crippen LogP contribution >= 0.6 is 22.7 Å². The van der Waals surface area contributed by atoms with Crippen molar-refractivity contribution in [3.63, 3.8) is 0 Å². The highest BCUT2D eigenvalue weighted by molar-refractivity contribution is 7.91. The van der Waals surface area contributed by atoms with E-state index in [0.717, 1.165) is 29.4 Å². The molecule has 7 nitrogen and oxygen atoms in total. The summed E-state index contributed by atoms with van der Waals surface area (Å²) in [7, 11) is -3.49. The zero-order valence-electron chi connectivity index (χ0n) is 13.9. The predicted molar refractivity (Wildman–Crippen MR) is 101 cm³/mol. The summed E-state index contributed by atoms with van der Waals surface area (Å²) in [5, 5.41) is 6.90. The van der Waals surface area contributed by atoms with Gasteiger partial charge in [-0.25, -0.2) is 13.4 Å². The molecular formula is C16H18N4O3S3. The Morgan fingerprint density at radius 3 is 2.85 bits per heavy atom. The van der Waals surface area contributed by atoms with Crippen molar-refractivity contribution in [1.82, 2.24) is 19.3 Å². The first-order valence-electron chi connectivity index (χ1n) is 8.24. The minimum Gasteiger partial charge on any atom is -0.364 e. The predicted octanol–water partition coefficient (Wildman–Crippen LogP) is 2.76. The van der Waals surface area contributed by atoms with E-state index in [1.54, 1.807) is 40.0 Å². The van der Waals surface area contributed by atoms with Crippen molar-refractivity contribution in [2.45, 2.75) is 17.2 Å². The lowest BCUT2D eigenvalue weighted by Crippen LogP contribution is -2.34. The topological polar surface area (TPSA) is 79.5 Å². The molecule has 0 aromatic carbocycles. The Kier molecular flexibility index (Phi) is 5.18. The van der Waals surface area contributed by atoms with E-state index in [2.05, 4.69) is 15.0 Å². The van der Waals surface area contributed by atoms with E-state index in [-0.39, 0.29) is 0 Å². The van der Waals surface area contributed by atoms with Gasteiger partial charge in [0.15, 0.2) is 0 Å². The van der Waals surface area contributed by atoms with Gasteiger partial charge < -0.3 is 4.52 Å². The smallest absolute Gasteiger partial charge is 0.252 e. The summed E-state index contributed by atoms with van der Waals surface area (Å²) in [6, 6.07) is 5.16. The highest BCUT2D eigenvalue weighted by Crippen LogP contribution is 2.31. The number of hydrogen-bond acceptors (Lipinski definition) is 8. The molecule has 0 bridgehead atoms. The fraction of sp³-hybridized carbons (Fsp3) is 0.375. The third-order valence-electron chi connectivity index (χ3n) is 4.26. The van der Waals surface area contributed by atoms with Crippen LogP contribution in [0, 0.1) is 0 Å². The normalized spacial score (nSPS) is 17.4. The number of rotatable bonds is 5. The maximum Gasteiger partial charge on any atom is 0.252 e. The maximum atomic E-state index is 13.0. The summed E-state index contributed by atoms with van der Waals surface area (Å²) in [5.74, 6) is 0. The summed E-state index contributed by atoms with van der Waals surface area (Å²) >= 11 is 2.86. The number of nitrogens with zero attached hydrogens (tertiary/aromatic N) is 4. The van der Waals surface area contributed by atoms with Crippen molar-refractivity contribution >= 4 is 32.7 Å². The molecule has 10 heteroatoms. The lowest BCUT2D eigenvalue weighted by atomic mass is 10.3. The molecule has 0 spiro atoms. The molecule has 1 aliphatic rings. The third-order valence-corrected chi connectivity index (χ3v) is 8.49. The van der Waals surface area contributed by atoms with Crippen molar-refractivity contribution in [3.05, 3.63) is 41.0 Å². The Hall–Kier alpha value is -1.59. The van der Waals surface area contributed by atoms with Gasteiger partial charge in [0.25, 0.3) is 10.0 Å². The van der Waals surface area contributed by atoms with Crippen LogP contribution in [0.3, 0.4) is 0 Å². The maximum absolute atomic E-state index is 13.0. The molecule has 26 heavy (non-hydrogen) atoms. The highest BCUT2D eigenvalue weighted by Gasteiger charge is 2.28. The van der Waals surface area contributed by atoms with Crippen molar-refractivity contribution in [1.29, 1.82) is 0 Å². The van der Waals surface area contributed by atoms with E-state index < -0.39 is 10.0 Å². The molecule has 0 unspecified atom stereocenters. The number of sulfonamides is 1. The van der Waals surface area contributed by atoms with Crippen LogP contribution < -0.4 is 0 Å². The molecule has 0 N–H and O–H groups in total. The summed E-state index contributed by atoms with van der Waals surface area (Å²) < 4.78 is 32.8. The van der Waals surface area contributed by atoms with Gasteiger partial charge in [-0.15, -0.1) is 22.7 Å². The molecule has 1 aliphatic heterocycles. The Labute approximate surface area is 159 Å². The van der Waals surface area contributed by atoms with Gasteiger partial charge in [0.05, 0.1) is 11.4 Å². The van der Waals surface area contributed by atoms with Crippen molar-refractivity contribution in [3.8, 4) is 10.6 Å². The molecule has 4 heterocycles. The first-order valence-corrected chi connectivity index (χ1v) is 11.4. The molecule has 138 valence electrons. The SMILES string of the molecule is O=S(=O)(c1ccc(-c2ccon2)s1)N1CCCN(Cc2nccs2)CC1. The molecule has 1 fully saturated rings. The minimum absolute atomic E-state index is 0.351. The second-order valence-corrected chi connectivity index (χ2v) is 10.2. The van der Waals surface area contributed by atoms with Gasteiger partial charge >= 0.3 is 0 Å². The van der Waals surface area contributed by atoms with Gasteiger partial charge in [0.1, 0.15) is 21.2 Å². The van der Waals surface area contributed by atoms with E-state index in [9.17, 15) is 8.42 Å². The first-order chi connectivity index (χ1) is 12.6. The van der Waals surface area contributed by atoms with Gasteiger partial charge in [-0.1, -0.05) is 5.16 Å². The van der Waals surface area contributed by atoms with Crippen LogP contribution in [-0.4, -0.2) is 53.9 Å². The molecule has 3 aromatic rings. The van der Waals surface area contributed by atoms with Crippen molar-refractivity contribution in [2.24, 2.45) is 0 Å². The van der Waals surface area contributed by atoms with Crippen LogP contribution in [0.25, 0.3) is 10.6 Å². The lowest BCUT2D eigenvalue weighted by Gasteiger charge is -2.20. The second-order valence-electron chi connectivity index (χ2n) is 5.96. The standard InChI is InChI=1S/C16H18N4O3S3/c21-26(22,16-3-2-14(25-16)13-4-10-23-18-13)20-7-1-6-19(8-9-20)12-15-17-5-11-24-15/h2-5,10-11H,1,6-9,12H2. The zero-order chi connectivity index (χ0) is 18.0. The van der Waals surface area contributed by atoms with E-state index in [0.29, 0.717) is 29.5 Å². The molecule has 0 atom stereocenters. The Bertz CT molecular complexity index is 935. The molecule has 0 radical (unpaired) electrons. The van der Waals surface area contributed by atoms with Gasteiger partial charge in [0.2, 0.25) is 0 Å².